The highest BCUT2D eigenvalue weighted by Crippen LogP contribution is 2.28. The van der Waals surface area contributed by atoms with Gasteiger partial charge in [0.1, 0.15) is 5.75 Å². The molecule has 0 spiro atoms. The summed E-state index contributed by atoms with van der Waals surface area (Å²) in [7, 11) is 1.63. The van der Waals surface area contributed by atoms with Crippen LogP contribution in [0.15, 0.2) is 72.4 Å². The van der Waals surface area contributed by atoms with Gasteiger partial charge >= 0.3 is 0 Å². The van der Waals surface area contributed by atoms with Crippen LogP contribution in [0.4, 0.5) is 0 Å². The van der Waals surface area contributed by atoms with Crippen LogP contribution in [0.2, 0.25) is 0 Å². The first-order chi connectivity index (χ1) is 13.2. The molecule has 1 aromatic heterocycles. The molecule has 0 aliphatic carbocycles. The highest BCUT2D eigenvalue weighted by Gasteiger charge is 2.17. The summed E-state index contributed by atoms with van der Waals surface area (Å²) in [6, 6.07) is 17.5. The topological polar surface area (TPSA) is 69.0 Å². The number of amides is 1. The molecule has 2 aromatic carbocycles. The molecule has 1 heterocycles. The maximum atomic E-state index is 11.9. The van der Waals surface area contributed by atoms with E-state index in [1.807, 2.05) is 59.2 Å². The average Bonchev–Trinajstić information content (AvgIpc) is 3.15. The Bertz CT molecular complexity index is 907. The van der Waals surface area contributed by atoms with Crippen molar-refractivity contribution in [3.63, 3.8) is 0 Å². The van der Waals surface area contributed by atoms with E-state index in [2.05, 4.69) is 22.1 Å². The van der Waals surface area contributed by atoms with E-state index in [0.29, 0.717) is 11.7 Å². The van der Waals surface area contributed by atoms with Gasteiger partial charge in [-0.05, 0) is 24.3 Å². The molecule has 3 rings (SSSR count). The zero-order chi connectivity index (χ0) is 19.1. The summed E-state index contributed by atoms with van der Waals surface area (Å²) in [5, 5.41) is 12.1. The summed E-state index contributed by atoms with van der Waals surface area (Å²) < 4.78 is 7.19. The lowest BCUT2D eigenvalue weighted by atomic mass is 10.2. The quantitative estimate of drug-likeness (QED) is 0.479. The Morgan fingerprint density at radius 3 is 2.59 bits per heavy atom. The van der Waals surface area contributed by atoms with Crippen LogP contribution in [-0.4, -0.2) is 40.1 Å². The van der Waals surface area contributed by atoms with Crippen molar-refractivity contribution in [2.45, 2.75) is 5.16 Å². The average molecular weight is 380 g/mol. The summed E-state index contributed by atoms with van der Waals surface area (Å²) in [6.07, 6.45) is 1.65. The van der Waals surface area contributed by atoms with Gasteiger partial charge in [0.15, 0.2) is 11.0 Å². The smallest absolute Gasteiger partial charge is 0.230 e. The van der Waals surface area contributed by atoms with Crippen LogP contribution in [0.1, 0.15) is 0 Å². The minimum atomic E-state index is -0.0783. The van der Waals surface area contributed by atoms with Crippen molar-refractivity contribution < 1.29 is 9.53 Å². The molecule has 27 heavy (non-hydrogen) atoms. The van der Waals surface area contributed by atoms with Gasteiger partial charge < -0.3 is 10.1 Å². The number of hydrogen-bond donors (Lipinski definition) is 1. The Hall–Kier alpha value is -3.06. The molecule has 0 fully saturated rings. The first-order valence-electron chi connectivity index (χ1n) is 8.38. The molecule has 138 valence electrons. The Kier molecular flexibility index (Phi) is 6.27. The lowest BCUT2D eigenvalue weighted by Gasteiger charge is -2.11. The van der Waals surface area contributed by atoms with E-state index in [1.54, 1.807) is 13.2 Å². The molecular formula is C20H20N4O2S. The Balaban J connectivity index is 1.94. The van der Waals surface area contributed by atoms with Crippen molar-refractivity contribution in [3.05, 3.63) is 67.3 Å². The van der Waals surface area contributed by atoms with Crippen molar-refractivity contribution in [2.75, 3.05) is 19.4 Å². The van der Waals surface area contributed by atoms with Gasteiger partial charge in [-0.1, -0.05) is 48.2 Å². The predicted molar refractivity (Wildman–Crippen MR) is 107 cm³/mol. The summed E-state index contributed by atoms with van der Waals surface area (Å²) in [5.74, 6) is 1.66. The maximum absolute atomic E-state index is 11.9. The number of aromatic nitrogens is 3. The third kappa shape index (κ3) is 4.57. The van der Waals surface area contributed by atoms with Crippen LogP contribution in [-0.2, 0) is 4.79 Å². The number of carbonyl (C=O) groups excluding carboxylic acids is 1. The number of methoxy groups -OCH3 is 1. The molecule has 0 saturated carbocycles. The molecule has 6 nitrogen and oxygen atoms in total. The molecule has 0 aliphatic heterocycles. The van der Waals surface area contributed by atoms with Crippen molar-refractivity contribution >= 4 is 17.7 Å². The van der Waals surface area contributed by atoms with E-state index in [-0.39, 0.29) is 11.7 Å². The minimum Gasteiger partial charge on any atom is -0.497 e. The van der Waals surface area contributed by atoms with Crippen LogP contribution in [0.25, 0.3) is 17.1 Å². The molecule has 0 radical (unpaired) electrons. The van der Waals surface area contributed by atoms with Gasteiger partial charge in [0.2, 0.25) is 5.91 Å². The van der Waals surface area contributed by atoms with Crippen molar-refractivity contribution in [2.24, 2.45) is 0 Å². The highest BCUT2D eigenvalue weighted by atomic mass is 32.2. The fraction of sp³-hybridized carbons (Fsp3) is 0.150. The zero-order valence-electron chi connectivity index (χ0n) is 15.0. The Morgan fingerprint density at radius 1 is 1.19 bits per heavy atom. The monoisotopic (exact) mass is 380 g/mol. The van der Waals surface area contributed by atoms with E-state index >= 15 is 0 Å². The fourth-order valence-corrected chi connectivity index (χ4v) is 3.25. The van der Waals surface area contributed by atoms with E-state index in [0.717, 1.165) is 22.8 Å². The fourth-order valence-electron chi connectivity index (χ4n) is 2.47. The zero-order valence-corrected chi connectivity index (χ0v) is 15.8. The van der Waals surface area contributed by atoms with Crippen LogP contribution in [0.3, 0.4) is 0 Å². The van der Waals surface area contributed by atoms with Crippen LogP contribution in [0.5, 0.6) is 5.75 Å². The van der Waals surface area contributed by atoms with Gasteiger partial charge in [-0.25, -0.2) is 0 Å². The van der Waals surface area contributed by atoms with Gasteiger partial charge in [-0.2, -0.15) is 0 Å². The molecule has 0 unspecified atom stereocenters. The summed E-state index contributed by atoms with van der Waals surface area (Å²) in [5.41, 5.74) is 1.84. The second kappa shape index (κ2) is 9.05. The standard InChI is InChI=1S/C20H20N4O2S/c1-3-13-21-18(25)14-27-20-23-22-19(15-7-5-4-6-8-15)24(20)16-9-11-17(26-2)12-10-16/h3-12H,1,13-14H2,2H3,(H,21,25). The number of hydrogen-bond acceptors (Lipinski definition) is 5. The van der Waals surface area contributed by atoms with Crippen LogP contribution < -0.4 is 10.1 Å². The number of benzene rings is 2. The van der Waals surface area contributed by atoms with E-state index in [1.165, 1.54) is 11.8 Å². The first-order valence-corrected chi connectivity index (χ1v) is 9.37. The van der Waals surface area contributed by atoms with E-state index < -0.39 is 0 Å². The third-order valence-electron chi connectivity index (χ3n) is 3.77. The number of nitrogens with one attached hydrogen (secondary N) is 1. The van der Waals surface area contributed by atoms with Crippen LogP contribution in [0, 0.1) is 0 Å². The molecule has 0 aliphatic rings. The van der Waals surface area contributed by atoms with Gasteiger partial charge in [-0.3, -0.25) is 9.36 Å². The molecule has 3 aromatic rings. The highest BCUT2D eigenvalue weighted by molar-refractivity contribution is 7.99. The second-order valence-corrected chi connectivity index (χ2v) is 6.53. The molecule has 0 saturated heterocycles. The van der Waals surface area contributed by atoms with Crippen molar-refractivity contribution in [3.8, 4) is 22.8 Å². The van der Waals surface area contributed by atoms with E-state index in [4.69, 9.17) is 4.74 Å². The Labute approximate surface area is 162 Å². The number of carbonyl (C=O) groups is 1. The minimum absolute atomic E-state index is 0.0783. The van der Waals surface area contributed by atoms with Crippen LogP contribution >= 0.6 is 11.8 Å². The molecule has 0 atom stereocenters. The molecule has 1 N–H and O–H groups in total. The number of nitrogens with zero attached hydrogens (tertiary/aromatic N) is 3. The van der Waals surface area contributed by atoms with Gasteiger partial charge in [0.05, 0.1) is 12.9 Å². The van der Waals surface area contributed by atoms with Gasteiger partial charge in [0, 0.05) is 17.8 Å². The summed E-state index contributed by atoms with van der Waals surface area (Å²) in [4.78, 5) is 11.9. The molecule has 7 heteroatoms. The SMILES string of the molecule is C=CCNC(=O)CSc1nnc(-c2ccccc2)n1-c1ccc(OC)cc1. The number of ether oxygens (including phenoxy) is 1. The lowest BCUT2D eigenvalue weighted by molar-refractivity contribution is -0.118. The summed E-state index contributed by atoms with van der Waals surface area (Å²) in [6.45, 7) is 4.04. The van der Waals surface area contributed by atoms with Crippen molar-refractivity contribution in [1.82, 2.24) is 20.1 Å². The maximum Gasteiger partial charge on any atom is 0.230 e. The van der Waals surface area contributed by atoms with E-state index in [9.17, 15) is 4.79 Å². The largest absolute Gasteiger partial charge is 0.497 e. The lowest BCUT2D eigenvalue weighted by Crippen LogP contribution is -2.25. The van der Waals surface area contributed by atoms with Gasteiger partial charge in [-0.15, -0.1) is 16.8 Å². The number of rotatable bonds is 8. The predicted octanol–water partition coefficient (Wildman–Crippen LogP) is 3.34. The molecule has 0 bridgehead atoms. The Morgan fingerprint density at radius 2 is 1.93 bits per heavy atom. The molecular weight excluding hydrogens is 360 g/mol. The number of thioether (sulfide) groups is 1. The first kappa shape index (κ1) is 18.7. The van der Waals surface area contributed by atoms with Crippen molar-refractivity contribution in [1.29, 1.82) is 0 Å². The summed E-state index contributed by atoms with van der Waals surface area (Å²) >= 11 is 1.34. The third-order valence-corrected chi connectivity index (χ3v) is 4.70. The molecule has 1 amide bonds. The normalized spacial score (nSPS) is 10.4. The van der Waals surface area contributed by atoms with Gasteiger partial charge in [0.25, 0.3) is 0 Å². The second-order valence-electron chi connectivity index (χ2n) is 5.59.